The summed E-state index contributed by atoms with van der Waals surface area (Å²) in [6, 6.07) is 0. The molecule has 0 saturated carbocycles. The van der Waals surface area contributed by atoms with Crippen molar-refractivity contribution in [3.63, 3.8) is 0 Å². The first-order chi connectivity index (χ1) is 1.00. The zero-order valence-corrected chi connectivity index (χ0v) is 13.2. The third-order valence-corrected chi connectivity index (χ3v) is 0. The van der Waals surface area contributed by atoms with Crippen LogP contribution < -0.4 is 0 Å². The molecule has 0 aromatic carbocycles. The third kappa shape index (κ3) is 9.23. The van der Waals surface area contributed by atoms with Gasteiger partial charge in [-0.1, -0.05) is 0 Å². The van der Waals surface area contributed by atoms with Gasteiger partial charge >= 0.3 is 33.6 Å². The summed E-state index contributed by atoms with van der Waals surface area (Å²) < 4.78 is 0. The first-order valence-electron chi connectivity index (χ1n) is 0.167. The Hall–Kier alpha value is 3.77. The van der Waals surface area contributed by atoms with Crippen LogP contribution in [0.4, 0.5) is 0 Å². The van der Waals surface area contributed by atoms with Crippen LogP contribution >= 0.6 is 0 Å². The average molecular weight is 470 g/mol. The van der Waals surface area contributed by atoms with Crippen LogP contribution in [0.3, 0.4) is 0 Å². The van der Waals surface area contributed by atoms with Crippen LogP contribution in [-0.2, 0) is 33.6 Å². The van der Waals surface area contributed by atoms with E-state index >= 15 is 0 Å². The van der Waals surface area contributed by atoms with E-state index in [1.54, 1.807) is 0 Å². The van der Waals surface area contributed by atoms with Gasteiger partial charge in [-0.05, 0) is 0 Å². The molecule has 0 aliphatic heterocycles. The molecule has 0 fully saturated rings. The minimum atomic E-state index is 0. The summed E-state index contributed by atoms with van der Waals surface area (Å²) in [7, 11) is 0. The van der Waals surface area contributed by atoms with Gasteiger partial charge in [0.25, 0.3) is 0 Å². The Morgan fingerprint density at radius 1 is 0.750 bits per heavy atom. The molecule has 4 heavy (non-hydrogen) atoms. The molecule has 0 bridgehead atoms. The van der Waals surface area contributed by atoms with Crippen LogP contribution in [0.1, 0.15) is 0 Å². The molecule has 4 heteroatoms. The van der Waals surface area contributed by atoms with Crippen LogP contribution in [0.2, 0.25) is 0 Å². The summed E-state index contributed by atoms with van der Waals surface area (Å²) >= 11 is 3.92. The van der Waals surface area contributed by atoms with Gasteiger partial charge in [0.1, 0.15) is 0 Å². The fraction of sp³-hybridized carbons (Fsp3) is 0. The van der Waals surface area contributed by atoms with Crippen molar-refractivity contribution in [2.24, 2.45) is 0 Å². The molecule has 0 spiro atoms. The van der Waals surface area contributed by atoms with Gasteiger partial charge < -0.3 is 0 Å². The fourth-order valence-electron chi connectivity index (χ4n) is 0. The summed E-state index contributed by atoms with van der Waals surface area (Å²) in [4.78, 5) is 0. The maximum absolute atomic E-state index is 1.96. The molecule has 0 aromatic rings. The van der Waals surface area contributed by atoms with Gasteiger partial charge in [0.05, 0.1) is 0 Å². The van der Waals surface area contributed by atoms with E-state index < -0.39 is 0 Å². The van der Waals surface area contributed by atoms with Gasteiger partial charge in [-0.15, -0.1) is 0 Å². The second-order valence-electron chi connectivity index (χ2n) is 0. The molecule has 0 aliphatic carbocycles. The van der Waals surface area contributed by atoms with E-state index in [2.05, 4.69) is 0 Å². The monoisotopic (exact) mass is 474 g/mol. The summed E-state index contributed by atoms with van der Waals surface area (Å²) in [5.74, 6) is 0. The SMILES string of the molecule is [La].[La].[Mo][Mo]. The molecule has 0 N–H and O–H groups in total. The Bertz CT molecular complexity index is 4.00. The average Bonchev–Trinajstić information content (AvgIpc) is 1.00. The van der Waals surface area contributed by atoms with Gasteiger partial charge in [-0.3, -0.25) is 0 Å². The Morgan fingerprint density at radius 2 is 0.750 bits per heavy atom. The van der Waals surface area contributed by atoms with E-state index in [1.165, 1.54) is 0 Å². The van der Waals surface area contributed by atoms with Crippen molar-refractivity contribution in [1.82, 2.24) is 0 Å². The van der Waals surface area contributed by atoms with Crippen molar-refractivity contribution in [1.29, 1.82) is 0 Å². The second kappa shape index (κ2) is 15.9. The molecular formula is La2Mo2. The topological polar surface area (TPSA) is 0 Å². The predicted octanol–water partition coefficient (Wildman–Crippen LogP) is -0.00500. The molecule has 0 saturated heterocycles. The predicted molar refractivity (Wildman–Crippen MR) is 0 cm³/mol. The Kier molecular flexibility index (Phi) is 62.1. The van der Waals surface area contributed by atoms with E-state index in [0.29, 0.717) is 0 Å². The molecule has 0 unspecified atom stereocenters. The fourth-order valence-corrected chi connectivity index (χ4v) is 0. The van der Waals surface area contributed by atoms with Crippen LogP contribution in [0.25, 0.3) is 0 Å². The van der Waals surface area contributed by atoms with E-state index in [4.69, 9.17) is 0 Å². The number of hydrogen-bond acceptors (Lipinski definition) is 0. The molecule has 0 heterocycles. The number of hydrogen-bond donors (Lipinski definition) is 0. The van der Waals surface area contributed by atoms with Gasteiger partial charge in [0, 0.05) is 71.2 Å². The standard InChI is InChI=1S/2La.2Mo. The summed E-state index contributed by atoms with van der Waals surface area (Å²) in [5, 5.41) is 0. The molecule has 18 valence electrons. The van der Waals surface area contributed by atoms with Crippen molar-refractivity contribution in [3.05, 3.63) is 0 Å². The normalized spacial score (nSPS) is 1.00. The third-order valence-electron chi connectivity index (χ3n) is 0. The van der Waals surface area contributed by atoms with Crippen LogP contribution in [-0.4, -0.2) is 0 Å². The van der Waals surface area contributed by atoms with Crippen molar-refractivity contribution in [3.8, 4) is 0 Å². The van der Waals surface area contributed by atoms with E-state index in [1.807, 2.05) is 33.6 Å². The van der Waals surface area contributed by atoms with Gasteiger partial charge in [-0.25, -0.2) is 0 Å². The van der Waals surface area contributed by atoms with E-state index in [9.17, 15) is 0 Å². The van der Waals surface area contributed by atoms with Crippen LogP contribution in [0, 0.1) is 71.2 Å². The Balaban J connectivity index is -0.00000000500. The molecule has 0 nitrogen and oxygen atoms in total. The van der Waals surface area contributed by atoms with Crippen LogP contribution in [0.5, 0.6) is 0 Å². The van der Waals surface area contributed by atoms with Crippen LogP contribution in [0.15, 0.2) is 0 Å². The Labute approximate surface area is 102 Å². The second-order valence-corrected chi connectivity index (χ2v) is 0. The van der Waals surface area contributed by atoms with Crippen molar-refractivity contribution < 1.29 is 105 Å². The van der Waals surface area contributed by atoms with Gasteiger partial charge in [-0.2, -0.15) is 0 Å². The summed E-state index contributed by atoms with van der Waals surface area (Å²) in [6.45, 7) is 0. The van der Waals surface area contributed by atoms with Crippen molar-refractivity contribution >= 4 is 0 Å². The van der Waals surface area contributed by atoms with Crippen molar-refractivity contribution in [2.75, 3.05) is 0 Å². The summed E-state index contributed by atoms with van der Waals surface area (Å²) in [6.07, 6.45) is 0. The molecule has 0 aliphatic rings. The van der Waals surface area contributed by atoms with Gasteiger partial charge in [0.2, 0.25) is 0 Å². The van der Waals surface area contributed by atoms with E-state index in [-0.39, 0.29) is 71.2 Å². The maximum atomic E-state index is 1.96. The molecule has 0 aromatic heterocycles. The van der Waals surface area contributed by atoms with E-state index in [0.717, 1.165) is 0 Å². The number of rotatable bonds is 0. The molecule has 0 rings (SSSR count). The zero-order chi connectivity index (χ0) is 2.00. The minimum absolute atomic E-state index is 0. The quantitative estimate of drug-likeness (QED) is 0.438. The first-order valence-corrected chi connectivity index (χ1v) is 5.83. The molecule has 0 atom stereocenters. The first kappa shape index (κ1) is 15.7. The Morgan fingerprint density at radius 3 is 0.750 bits per heavy atom. The van der Waals surface area contributed by atoms with Crippen molar-refractivity contribution in [2.45, 2.75) is 0 Å². The molecule has 2 radical (unpaired) electrons. The van der Waals surface area contributed by atoms with Gasteiger partial charge in [0.15, 0.2) is 0 Å². The molecule has 0 amide bonds. The summed E-state index contributed by atoms with van der Waals surface area (Å²) in [5.41, 5.74) is 0. The molecular weight excluding hydrogens is 470 g/mol. The zero-order valence-electron chi connectivity index (χ0n) is 1.97.